The molecule has 2 amide bonds. The Morgan fingerprint density at radius 2 is 1.47 bits per heavy atom. The Balaban J connectivity index is 1.81. The fourth-order valence-corrected chi connectivity index (χ4v) is 6.48. The maximum Gasteiger partial charge on any atom is 0.264 e. The largest absolute Gasteiger partial charge is 0.357 e. The third-order valence-electron chi connectivity index (χ3n) is 6.91. The molecule has 0 saturated heterocycles. The molecule has 0 aliphatic heterocycles. The molecular formula is C32H30Cl2FN3O4S. The maximum absolute atomic E-state index is 14.3. The predicted molar refractivity (Wildman–Crippen MR) is 167 cm³/mol. The Morgan fingerprint density at radius 1 is 0.860 bits per heavy atom. The number of carbonyl (C=O) groups excluding carboxylic acids is 2. The highest BCUT2D eigenvalue weighted by atomic mass is 35.5. The number of likely N-dealkylation sites (N-methyl/N-ethyl adjacent to an activating group) is 1. The topological polar surface area (TPSA) is 86.8 Å². The lowest BCUT2D eigenvalue weighted by Gasteiger charge is -2.34. The number of benzene rings is 4. The minimum atomic E-state index is -4.35. The van der Waals surface area contributed by atoms with E-state index < -0.39 is 40.2 Å². The van der Waals surface area contributed by atoms with E-state index in [0.717, 1.165) is 39.7 Å². The molecule has 7 nitrogen and oxygen atoms in total. The predicted octanol–water partition coefficient (Wildman–Crippen LogP) is 6.02. The van der Waals surface area contributed by atoms with Crippen LogP contribution in [0.5, 0.6) is 0 Å². The van der Waals surface area contributed by atoms with Gasteiger partial charge in [-0.2, -0.15) is 0 Å². The molecule has 0 heterocycles. The van der Waals surface area contributed by atoms with E-state index in [1.165, 1.54) is 11.9 Å². The molecule has 4 aromatic carbocycles. The molecule has 224 valence electrons. The highest BCUT2D eigenvalue weighted by molar-refractivity contribution is 7.92. The first-order chi connectivity index (χ1) is 20.5. The van der Waals surface area contributed by atoms with Crippen molar-refractivity contribution in [3.05, 3.63) is 130 Å². The van der Waals surface area contributed by atoms with Crippen molar-refractivity contribution >= 4 is 50.7 Å². The first kappa shape index (κ1) is 32.0. The Labute approximate surface area is 260 Å². The van der Waals surface area contributed by atoms with Crippen molar-refractivity contribution in [2.45, 2.75) is 30.8 Å². The number of amides is 2. The van der Waals surface area contributed by atoms with Crippen molar-refractivity contribution in [3.63, 3.8) is 0 Å². The van der Waals surface area contributed by atoms with E-state index in [-0.39, 0.29) is 33.6 Å². The summed E-state index contributed by atoms with van der Waals surface area (Å²) in [5.74, 6) is -1.73. The van der Waals surface area contributed by atoms with Gasteiger partial charge in [-0.25, -0.2) is 12.8 Å². The number of anilines is 1. The van der Waals surface area contributed by atoms with Gasteiger partial charge in [-0.1, -0.05) is 77.3 Å². The number of hydrogen-bond donors (Lipinski definition) is 1. The fraction of sp³-hybridized carbons (Fsp3) is 0.188. The number of hydrogen-bond acceptors (Lipinski definition) is 4. The average molecular weight is 643 g/mol. The molecule has 0 saturated carbocycles. The molecule has 0 bridgehead atoms. The zero-order valence-electron chi connectivity index (χ0n) is 23.5. The zero-order chi connectivity index (χ0) is 31.1. The smallest absolute Gasteiger partial charge is 0.264 e. The van der Waals surface area contributed by atoms with E-state index in [1.807, 2.05) is 37.3 Å². The van der Waals surface area contributed by atoms with Crippen LogP contribution in [0.25, 0.3) is 0 Å². The monoisotopic (exact) mass is 641 g/mol. The van der Waals surface area contributed by atoms with Crippen molar-refractivity contribution in [3.8, 4) is 0 Å². The average Bonchev–Trinajstić information content (AvgIpc) is 2.99. The summed E-state index contributed by atoms with van der Waals surface area (Å²) < 4.78 is 42.5. The molecule has 11 heteroatoms. The van der Waals surface area contributed by atoms with E-state index >= 15 is 0 Å². The molecule has 1 N–H and O–H groups in total. The van der Waals surface area contributed by atoms with Crippen molar-refractivity contribution in [2.24, 2.45) is 0 Å². The molecule has 0 aliphatic rings. The summed E-state index contributed by atoms with van der Waals surface area (Å²) >= 11 is 13.0. The van der Waals surface area contributed by atoms with Crippen LogP contribution in [0.15, 0.2) is 102 Å². The Kier molecular flexibility index (Phi) is 10.4. The highest BCUT2D eigenvalue weighted by Gasteiger charge is 2.35. The van der Waals surface area contributed by atoms with Gasteiger partial charge in [0, 0.05) is 35.6 Å². The van der Waals surface area contributed by atoms with Gasteiger partial charge < -0.3 is 10.2 Å². The minimum Gasteiger partial charge on any atom is -0.357 e. The molecular weight excluding hydrogens is 612 g/mol. The molecule has 0 aliphatic carbocycles. The van der Waals surface area contributed by atoms with Gasteiger partial charge in [-0.3, -0.25) is 13.9 Å². The normalized spacial score (nSPS) is 11.9. The standard InChI is InChI=1S/C32H30Cl2FN3O4S/c1-22-11-15-25(16-12-22)38(43(41,42)26-17-13-24(35)14-18-26)21-31(39)37(20-27-28(33)9-6-10-29(27)34)30(32(40)36-2)19-23-7-4-3-5-8-23/h3-18,30H,19-21H2,1-2H3,(H,36,40). The molecule has 1 unspecified atom stereocenters. The lowest BCUT2D eigenvalue weighted by atomic mass is 10.0. The number of sulfonamides is 1. The maximum atomic E-state index is 14.3. The van der Waals surface area contributed by atoms with Crippen LogP contribution in [0.4, 0.5) is 10.1 Å². The van der Waals surface area contributed by atoms with E-state index in [4.69, 9.17) is 23.2 Å². The summed E-state index contributed by atoms with van der Waals surface area (Å²) in [5.41, 5.74) is 2.29. The molecule has 0 radical (unpaired) electrons. The van der Waals surface area contributed by atoms with Gasteiger partial charge in [0.25, 0.3) is 10.0 Å². The van der Waals surface area contributed by atoms with Gasteiger partial charge in [0.2, 0.25) is 11.8 Å². The summed E-state index contributed by atoms with van der Waals surface area (Å²) in [6.07, 6.45) is 0.142. The van der Waals surface area contributed by atoms with Crippen LogP contribution in [-0.4, -0.2) is 44.8 Å². The van der Waals surface area contributed by atoms with E-state index in [0.29, 0.717) is 5.56 Å². The molecule has 43 heavy (non-hydrogen) atoms. The number of nitrogens with zero attached hydrogens (tertiary/aromatic N) is 2. The lowest BCUT2D eigenvalue weighted by Crippen LogP contribution is -2.53. The third kappa shape index (κ3) is 7.73. The fourth-order valence-electron chi connectivity index (χ4n) is 4.55. The van der Waals surface area contributed by atoms with E-state index in [1.54, 1.807) is 42.5 Å². The first-order valence-electron chi connectivity index (χ1n) is 13.3. The minimum absolute atomic E-state index is 0.142. The van der Waals surface area contributed by atoms with Crippen molar-refractivity contribution < 1.29 is 22.4 Å². The van der Waals surface area contributed by atoms with Crippen LogP contribution in [0, 0.1) is 12.7 Å². The van der Waals surface area contributed by atoms with Crippen LogP contribution in [-0.2, 0) is 32.6 Å². The van der Waals surface area contributed by atoms with Crippen molar-refractivity contribution in [2.75, 3.05) is 17.9 Å². The van der Waals surface area contributed by atoms with Crippen LogP contribution in [0.1, 0.15) is 16.7 Å². The number of rotatable bonds is 11. The first-order valence-corrected chi connectivity index (χ1v) is 15.5. The summed E-state index contributed by atoms with van der Waals surface area (Å²) in [6, 6.07) is 24.0. The lowest BCUT2D eigenvalue weighted by molar-refractivity contribution is -0.139. The third-order valence-corrected chi connectivity index (χ3v) is 9.41. The number of halogens is 3. The van der Waals surface area contributed by atoms with E-state index in [2.05, 4.69) is 5.32 Å². The Morgan fingerprint density at radius 3 is 2.05 bits per heavy atom. The zero-order valence-corrected chi connectivity index (χ0v) is 25.8. The molecule has 0 fully saturated rings. The second-order valence-corrected chi connectivity index (χ2v) is 12.5. The number of nitrogens with one attached hydrogen (secondary N) is 1. The molecule has 4 rings (SSSR count). The van der Waals surface area contributed by atoms with Crippen LogP contribution >= 0.6 is 23.2 Å². The summed E-state index contributed by atoms with van der Waals surface area (Å²) in [7, 11) is -2.88. The van der Waals surface area contributed by atoms with Crippen molar-refractivity contribution in [1.82, 2.24) is 10.2 Å². The highest BCUT2D eigenvalue weighted by Crippen LogP contribution is 2.29. The van der Waals surface area contributed by atoms with Gasteiger partial charge in [-0.15, -0.1) is 0 Å². The Hall–Kier alpha value is -3.92. The second kappa shape index (κ2) is 14.0. The molecule has 0 spiro atoms. The second-order valence-electron chi connectivity index (χ2n) is 9.84. The van der Waals surface area contributed by atoms with Crippen molar-refractivity contribution in [1.29, 1.82) is 0 Å². The quantitative estimate of drug-likeness (QED) is 0.217. The van der Waals surface area contributed by atoms with Crippen LogP contribution in [0.3, 0.4) is 0 Å². The van der Waals surface area contributed by atoms with Gasteiger partial charge in [0.15, 0.2) is 0 Å². The summed E-state index contributed by atoms with van der Waals surface area (Å²) in [5, 5.41) is 3.20. The molecule has 0 aromatic heterocycles. The number of carbonyl (C=O) groups is 2. The van der Waals surface area contributed by atoms with Gasteiger partial charge in [-0.05, 0) is 61.0 Å². The van der Waals surface area contributed by atoms with Gasteiger partial charge in [0.1, 0.15) is 18.4 Å². The Bertz CT molecular complexity index is 1670. The van der Waals surface area contributed by atoms with Crippen LogP contribution in [0.2, 0.25) is 10.0 Å². The summed E-state index contributed by atoms with van der Waals surface area (Å²) in [6.45, 7) is 1.02. The summed E-state index contributed by atoms with van der Waals surface area (Å²) in [4.78, 5) is 28.7. The SMILES string of the molecule is CNC(=O)C(Cc1ccccc1)N(Cc1c(Cl)cccc1Cl)C(=O)CN(c1ccc(C)cc1)S(=O)(=O)c1ccc(F)cc1. The van der Waals surface area contributed by atoms with Crippen LogP contribution < -0.4 is 9.62 Å². The number of aryl methyl sites for hydroxylation is 1. The molecule has 1 atom stereocenters. The molecule has 4 aromatic rings. The van der Waals surface area contributed by atoms with Gasteiger partial charge in [0.05, 0.1) is 10.6 Å². The van der Waals surface area contributed by atoms with E-state index in [9.17, 15) is 22.4 Å². The van der Waals surface area contributed by atoms with Gasteiger partial charge >= 0.3 is 0 Å².